The number of hydrogen-bond acceptors (Lipinski definition) is 6. The summed E-state index contributed by atoms with van der Waals surface area (Å²) in [4.78, 5) is 33.5. The third-order valence-electron chi connectivity index (χ3n) is 6.13. The number of benzene rings is 3. The molecule has 1 atom stereocenters. The van der Waals surface area contributed by atoms with Crippen LogP contribution in [-0.4, -0.2) is 43.8 Å². The Balaban J connectivity index is 1.51. The predicted molar refractivity (Wildman–Crippen MR) is 143 cm³/mol. The van der Waals surface area contributed by atoms with Crippen molar-refractivity contribution in [1.29, 1.82) is 0 Å². The molecule has 3 aromatic carbocycles. The lowest BCUT2D eigenvalue weighted by atomic mass is 10.0. The normalized spacial score (nSPS) is 11.6. The van der Waals surface area contributed by atoms with Gasteiger partial charge in [-0.25, -0.2) is 4.68 Å². The summed E-state index contributed by atoms with van der Waals surface area (Å²) in [6.45, 7) is 0.0921. The van der Waals surface area contributed by atoms with Gasteiger partial charge in [0.2, 0.25) is 5.91 Å². The SMILES string of the molecule is COc1ccc(NC(=O)C(c2ccccc2)N(Cc2cccnc2)C(=O)Cn2nnc3ccccc32)cc1. The average molecular weight is 507 g/mol. The zero-order chi connectivity index (χ0) is 26.3. The second-order valence-corrected chi connectivity index (χ2v) is 8.65. The number of methoxy groups -OCH3 is 1. The van der Waals surface area contributed by atoms with Crippen LogP contribution in [0, 0.1) is 0 Å². The molecule has 9 heteroatoms. The highest BCUT2D eigenvalue weighted by molar-refractivity contribution is 5.98. The third kappa shape index (κ3) is 5.52. The van der Waals surface area contributed by atoms with Crippen molar-refractivity contribution in [2.45, 2.75) is 19.1 Å². The van der Waals surface area contributed by atoms with Gasteiger partial charge >= 0.3 is 0 Å². The number of fused-ring (bicyclic) bond motifs is 1. The van der Waals surface area contributed by atoms with Crippen LogP contribution in [0.25, 0.3) is 11.0 Å². The number of carbonyl (C=O) groups excluding carboxylic acids is 2. The fourth-order valence-electron chi connectivity index (χ4n) is 4.26. The highest BCUT2D eigenvalue weighted by Crippen LogP contribution is 2.26. The van der Waals surface area contributed by atoms with Crippen molar-refractivity contribution in [2.75, 3.05) is 12.4 Å². The van der Waals surface area contributed by atoms with E-state index in [1.54, 1.807) is 59.4 Å². The van der Waals surface area contributed by atoms with Crippen molar-refractivity contribution in [2.24, 2.45) is 0 Å². The smallest absolute Gasteiger partial charge is 0.251 e. The van der Waals surface area contributed by atoms with E-state index in [9.17, 15) is 9.59 Å². The van der Waals surface area contributed by atoms with Gasteiger partial charge in [0.1, 0.15) is 23.9 Å². The molecule has 0 aliphatic rings. The Morgan fingerprint density at radius 2 is 1.71 bits per heavy atom. The molecule has 5 rings (SSSR count). The van der Waals surface area contributed by atoms with E-state index in [4.69, 9.17) is 4.74 Å². The van der Waals surface area contributed by atoms with Crippen molar-refractivity contribution in [3.05, 3.63) is 115 Å². The fourth-order valence-corrected chi connectivity index (χ4v) is 4.26. The molecule has 0 radical (unpaired) electrons. The summed E-state index contributed by atoms with van der Waals surface area (Å²) >= 11 is 0. The van der Waals surface area contributed by atoms with Crippen molar-refractivity contribution < 1.29 is 14.3 Å². The molecule has 0 fully saturated rings. The van der Waals surface area contributed by atoms with Crippen molar-refractivity contribution in [3.8, 4) is 5.75 Å². The van der Waals surface area contributed by atoms with Gasteiger partial charge in [-0.2, -0.15) is 0 Å². The molecule has 1 unspecified atom stereocenters. The second kappa shape index (κ2) is 11.3. The largest absolute Gasteiger partial charge is 0.497 e. The maximum Gasteiger partial charge on any atom is 0.251 e. The van der Waals surface area contributed by atoms with Gasteiger partial charge in [0.15, 0.2) is 0 Å². The van der Waals surface area contributed by atoms with Crippen molar-refractivity contribution in [3.63, 3.8) is 0 Å². The number of pyridine rings is 1. The van der Waals surface area contributed by atoms with Crippen LogP contribution in [0.15, 0.2) is 103 Å². The lowest BCUT2D eigenvalue weighted by Crippen LogP contribution is -2.42. The summed E-state index contributed by atoms with van der Waals surface area (Å²) in [5.41, 5.74) is 3.49. The Hall–Kier alpha value is -5.05. The van der Waals surface area contributed by atoms with E-state index >= 15 is 0 Å². The number of nitrogens with zero attached hydrogens (tertiary/aromatic N) is 5. The molecule has 38 heavy (non-hydrogen) atoms. The Morgan fingerprint density at radius 3 is 2.45 bits per heavy atom. The van der Waals surface area contributed by atoms with E-state index in [1.807, 2.05) is 60.7 Å². The number of carbonyl (C=O) groups is 2. The maximum atomic E-state index is 13.9. The van der Waals surface area contributed by atoms with Gasteiger partial charge in [-0.3, -0.25) is 14.6 Å². The van der Waals surface area contributed by atoms with E-state index in [2.05, 4.69) is 20.6 Å². The standard InChI is InChI=1S/C29H26N6O3/c1-38-24-15-13-23(14-16-24)31-29(37)28(22-9-3-2-4-10-22)34(19-21-8-7-17-30-18-21)27(36)20-35-26-12-6-5-11-25(26)32-33-35/h2-18,28H,19-20H2,1H3,(H,31,37). The van der Waals surface area contributed by atoms with Crippen molar-refractivity contribution in [1.82, 2.24) is 24.9 Å². The summed E-state index contributed by atoms with van der Waals surface area (Å²) in [5, 5.41) is 11.3. The number of aromatic nitrogens is 4. The molecule has 190 valence electrons. The first-order valence-electron chi connectivity index (χ1n) is 12.1. The highest BCUT2D eigenvalue weighted by atomic mass is 16.5. The summed E-state index contributed by atoms with van der Waals surface area (Å²) in [6.07, 6.45) is 3.36. The van der Waals surface area contributed by atoms with Crippen LogP contribution in [0.1, 0.15) is 17.2 Å². The maximum absolute atomic E-state index is 13.9. The molecular weight excluding hydrogens is 480 g/mol. The van der Waals surface area contributed by atoms with Crippen LogP contribution in [0.5, 0.6) is 5.75 Å². The van der Waals surface area contributed by atoms with Gasteiger partial charge in [-0.15, -0.1) is 5.10 Å². The van der Waals surface area contributed by atoms with E-state index in [1.165, 1.54) is 0 Å². The number of ether oxygens (including phenoxy) is 1. The van der Waals surface area contributed by atoms with E-state index < -0.39 is 6.04 Å². The first-order chi connectivity index (χ1) is 18.6. The Morgan fingerprint density at radius 1 is 0.947 bits per heavy atom. The molecule has 1 N–H and O–H groups in total. The molecule has 2 heterocycles. The first kappa shape index (κ1) is 24.6. The molecule has 0 saturated heterocycles. The Bertz CT molecular complexity index is 1520. The minimum Gasteiger partial charge on any atom is -0.497 e. The van der Waals surface area contributed by atoms with Crippen LogP contribution in [0.4, 0.5) is 5.69 Å². The zero-order valence-corrected chi connectivity index (χ0v) is 20.8. The van der Waals surface area contributed by atoms with Crippen LogP contribution < -0.4 is 10.1 Å². The number of hydrogen-bond donors (Lipinski definition) is 1. The van der Waals surface area contributed by atoms with Gasteiger partial charge in [0.05, 0.1) is 12.6 Å². The number of rotatable bonds is 9. The zero-order valence-electron chi connectivity index (χ0n) is 20.8. The summed E-state index contributed by atoms with van der Waals surface area (Å²) in [7, 11) is 1.58. The molecule has 0 spiro atoms. The number of para-hydroxylation sites is 1. The van der Waals surface area contributed by atoms with Crippen molar-refractivity contribution >= 4 is 28.5 Å². The summed E-state index contributed by atoms with van der Waals surface area (Å²) in [5.74, 6) is 0.0429. The van der Waals surface area contributed by atoms with Crippen LogP contribution >= 0.6 is 0 Å². The summed E-state index contributed by atoms with van der Waals surface area (Å²) < 4.78 is 6.78. The first-order valence-corrected chi connectivity index (χ1v) is 12.1. The highest BCUT2D eigenvalue weighted by Gasteiger charge is 2.32. The topological polar surface area (TPSA) is 102 Å². The number of nitrogens with one attached hydrogen (secondary N) is 1. The second-order valence-electron chi connectivity index (χ2n) is 8.65. The van der Waals surface area contributed by atoms with Gasteiger partial charge in [0, 0.05) is 24.6 Å². The number of anilines is 1. The summed E-state index contributed by atoms with van der Waals surface area (Å²) in [6, 6.07) is 26.5. The van der Waals surface area contributed by atoms with Crippen LogP contribution in [0.3, 0.4) is 0 Å². The lowest BCUT2D eigenvalue weighted by molar-refractivity contribution is -0.140. The third-order valence-corrected chi connectivity index (χ3v) is 6.13. The predicted octanol–water partition coefficient (Wildman–Crippen LogP) is 4.24. The molecule has 5 aromatic rings. The monoisotopic (exact) mass is 506 g/mol. The Kier molecular flexibility index (Phi) is 7.35. The van der Waals surface area contributed by atoms with E-state index in [0.717, 1.165) is 11.1 Å². The minimum absolute atomic E-state index is 0.0834. The lowest BCUT2D eigenvalue weighted by Gasteiger charge is -2.31. The van der Waals surface area contributed by atoms with Gasteiger partial charge in [-0.1, -0.05) is 53.7 Å². The molecule has 0 bridgehead atoms. The van der Waals surface area contributed by atoms with E-state index in [-0.39, 0.29) is 24.9 Å². The molecule has 2 amide bonds. The van der Waals surface area contributed by atoms with Gasteiger partial charge < -0.3 is 15.0 Å². The number of amides is 2. The van der Waals surface area contributed by atoms with E-state index in [0.29, 0.717) is 22.5 Å². The molecule has 0 aliphatic carbocycles. The Labute approximate surface area is 219 Å². The molecule has 9 nitrogen and oxygen atoms in total. The van der Waals surface area contributed by atoms with Gasteiger partial charge in [0.25, 0.3) is 5.91 Å². The average Bonchev–Trinajstić information content (AvgIpc) is 3.37. The van der Waals surface area contributed by atoms with Gasteiger partial charge in [-0.05, 0) is 53.6 Å². The minimum atomic E-state index is -0.916. The molecular formula is C29H26N6O3. The molecule has 0 aliphatic heterocycles. The van der Waals surface area contributed by atoms with Crippen LogP contribution in [-0.2, 0) is 22.7 Å². The molecule has 0 saturated carbocycles. The molecule has 2 aromatic heterocycles. The fraction of sp³-hybridized carbons (Fsp3) is 0.138. The van der Waals surface area contributed by atoms with Crippen LogP contribution in [0.2, 0.25) is 0 Å². The quantitative estimate of drug-likeness (QED) is 0.321.